The number of piperidine rings is 1. The van der Waals surface area contributed by atoms with Crippen molar-refractivity contribution in [2.75, 3.05) is 32.8 Å². The lowest BCUT2D eigenvalue weighted by molar-refractivity contribution is -0.130. The second kappa shape index (κ2) is 9.58. The lowest BCUT2D eigenvalue weighted by Gasteiger charge is -2.33. The molecule has 2 heterocycles. The number of carbonyl (C=O) groups is 2. The second-order valence-corrected chi connectivity index (χ2v) is 7.51. The lowest BCUT2D eigenvalue weighted by Crippen LogP contribution is -2.40. The first-order valence-electron chi connectivity index (χ1n) is 10.1. The van der Waals surface area contributed by atoms with Crippen LogP contribution in [0.25, 0.3) is 0 Å². The maximum absolute atomic E-state index is 12.9. The largest absolute Gasteiger partial charge is 0.490 e. The van der Waals surface area contributed by atoms with Gasteiger partial charge in [0.15, 0.2) is 0 Å². The topological polar surface area (TPSA) is 49.9 Å². The van der Waals surface area contributed by atoms with E-state index in [0.717, 1.165) is 58.3 Å². The highest BCUT2D eigenvalue weighted by Crippen LogP contribution is 2.24. The minimum absolute atomic E-state index is 0.0506. The number of rotatable bonds is 7. The van der Waals surface area contributed by atoms with E-state index >= 15 is 0 Å². The van der Waals surface area contributed by atoms with Crippen LogP contribution in [0.3, 0.4) is 0 Å². The molecule has 1 atom stereocenters. The summed E-state index contributed by atoms with van der Waals surface area (Å²) in [5, 5.41) is 0. The Morgan fingerprint density at radius 2 is 1.93 bits per heavy atom. The van der Waals surface area contributed by atoms with Crippen molar-refractivity contribution < 1.29 is 14.3 Å². The molecule has 0 aromatic heterocycles. The van der Waals surface area contributed by atoms with Crippen LogP contribution in [-0.4, -0.2) is 54.4 Å². The molecule has 0 saturated carbocycles. The molecule has 5 nitrogen and oxygen atoms in total. The third-order valence-electron chi connectivity index (χ3n) is 5.48. The van der Waals surface area contributed by atoms with Crippen molar-refractivity contribution in [3.8, 4) is 5.75 Å². The molecular weight excluding hydrogens is 340 g/mol. The maximum atomic E-state index is 12.9. The van der Waals surface area contributed by atoms with E-state index in [9.17, 15) is 9.59 Å². The van der Waals surface area contributed by atoms with Crippen molar-refractivity contribution in [1.82, 2.24) is 9.80 Å². The number of amides is 2. The molecule has 1 aromatic carbocycles. The molecule has 0 bridgehead atoms. The van der Waals surface area contributed by atoms with E-state index in [1.807, 2.05) is 28.0 Å². The molecular formula is C22H30N2O3. The van der Waals surface area contributed by atoms with Crippen LogP contribution >= 0.6 is 0 Å². The Kier molecular flexibility index (Phi) is 6.91. The van der Waals surface area contributed by atoms with Crippen LogP contribution in [0.2, 0.25) is 0 Å². The Morgan fingerprint density at radius 3 is 2.70 bits per heavy atom. The van der Waals surface area contributed by atoms with Gasteiger partial charge in [0.05, 0.1) is 0 Å². The van der Waals surface area contributed by atoms with Crippen LogP contribution in [0.4, 0.5) is 0 Å². The van der Waals surface area contributed by atoms with E-state index in [1.165, 1.54) is 0 Å². The SMILES string of the molecule is C=CCOc1cccc(C(=O)N2CCC[C@@H](CCC(=O)N3CCCC3)C2)c1. The predicted molar refractivity (Wildman–Crippen MR) is 106 cm³/mol. The molecule has 2 amide bonds. The monoisotopic (exact) mass is 370 g/mol. The number of likely N-dealkylation sites (tertiary alicyclic amines) is 2. The van der Waals surface area contributed by atoms with E-state index in [1.54, 1.807) is 12.1 Å². The molecule has 0 aliphatic carbocycles. The van der Waals surface area contributed by atoms with Gasteiger partial charge in [-0.1, -0.05) is 18.7 Å². The van der Waals surface area contributed by atoms with Crippen LogP contribution in [0.5, 0.6) is 5.75 Å². The first-order valence-corrected chi connectivity index (χ1v) is 10.1. The van der Waals surface area contributed by atoms with Crippen molar-refractivity contribution in [1.29, 1.82) is 0 Å². The predicted octanol–water partition coefficient (Wildman–Crippen LogP) is 3.51. The fourth-order valence-electron chi connectivity index (χ4n) is 3.99. The Labute approximate surface area is 162 Å². The molecule has 0 N–H and O–H groups in total. The maximum Gasteiger partial charge on any atom is 0.253 e. The third kappa shape index (κ3) is 5.34. The Balaban J connectivity index is 1.53. The van der Waals surface area contributed by atoms with Gasteiger partial charge in [-0.25, -0.2) is 0 Å². The second-order valence-electron chi connectivity index (χ2n) is 7.51. The smallest absolute Gasteiger partial charge is 0.253 e. The van der Waals surface area contributed by atoms with Gasteiger partial charge in [0, 0.05) is 38.2 Å². The molecule has 27 heavy (non-hydrogen) atoms. The molecule has 2 aliphatic heterocycles. The quantitative estimate of drug-likeness (QED) is 0.690. The minimum Gasteiger partial charge on any atom is -0.490 e. The fraction of sp³-hybridized carbons (Fsp3) is 0.545. The standard InChI is InChI=1S/C22H30N2O3/c1-2-15-27-20-9-5-8-19(16-20)22(26)24-14-6-7-18(17-24)10-11-21(25)23-12-3-4-13-23/h2,5,8-9,16,18H,1,3-4,6-7,10-15,17H2/t18-/m0/s1. The first kappa shape index (κ1) is 19.5. The third-order valence-corrected chi connectivity index (χ3v) is 5.48. The molecule has 2 fully saturated rings. The summed E-state index contributed by atoms with van der Waals surface area (Å²) >= 11 is 0. The highest BCUT2D eigenvalue weighted by Gasteiger charge is 2.26. The average Bonchev–Trinajstić information content (AvgIpc) is 3.25. The highest BCUT2D eigenvalue weighted by atomic mass is 16.5. The summed E-state index contributed by atoms with van der Waals surface area (Å²) in [5.41, 5.74) is 0.658. The fourth-order valence-corrected chi connectivity index (χ4v) is 3.99. The molecule has 0 spiro atoms. The van der Waals surface area contributed by atoms with Crippen molar-refractivity contribution >= 4 is 11.8 Å². The van der Waals surface area contributed by atoms with Crippen molar-refractivity contribution in [3.05, 3.63) is 42.5 Å². The van der Waals surface area contributed by atoms with E-state index in [0.29, 0.717) is 30.3 Å². The zero-order valence-corrected chi connectivity index (χ0v) is 16.1. The normalized spacial score (nSPS) is 19.8. The van der Waals surface area contributed by atoms with Gasteiger partial charge in [0.25, 0.3) is 5.91 Å². The Hall–Kier alpha value is -2.30. The van der Waals surface area contributed by atoms with Gasteiger partial charge in [-0.2, -0.15) is 0 Å². The number of hydrogen-bond acceptors (Lipinski definition) is 3. The van der Waals surface area contributed by atoms with Gasteiger partial charge >= 0.3 is 0 Å². The summed E-state index contributed by atoms with van der Waals surface area (Å²) in [7, 11) is 0. The van der Waals surface area contributed by atoms with Crippen molar-refractivity contribution in [2.45, 2.75) is 38.5 Å². The molecule has 5 heteroatoms. The van der Waals surface area contributed by atoms with Gasteiger partial charge in [-0.15, -0.1) is 0 Å². The Morgan fingerprint density at radius 1 is 1.15 bits per heavy atom. The molecule has 0 unspecified atom stereocenters. The summed E-state index contributed by atoms with van der Waals surface area (Å²) in [5.74, 6) is 1.43. The molecule has 1 aromatic rings. The van der Waals surface area contributed by atoms with Crippen LogP contribution in [0.15, 0.2) is 36.9 Å². The lowest BCUT2D eigenvalue weighted by atomic mass is 9.92. The Bertz CT molecular complexity index is 667. The number of ether oxygens (including phenoxy) is 1. The summed E-state index contributed by atoms with van der Waals surface area (Å²) in [6, 6.07) is 7.33. The summed E-state index contributed by atoms with van der Waals surface area (Å²) in [6.45, 7) is 7.42. The van der Waals surface area contributed by atoms with Gasteiger partial charge < -0.3 is 14.5 Å². The van der Waals surface area contributed by atoms with Gasteiger partial charge in [0.1, 0.15) is 12.4 Å². The van der Waals surface area contributed by atoms with Crippen LogP contribution in [0, 0.1) is 5.92 Å². The zero-order valence-electron chi connectivity index (χ0n) is 16.1. The van der Waals surface area contributed by atoms with Crippen LogP contribution in [0.1, 0.15) is 48.9 Å². The first-order chi connectivity index (χ1) is 13.2. The van der Waals surface area contributed by atoms with Crippen LogP contribution < -0.4 is 4.74 Å². The summed E-state index contributed by atoms with van der Waals surface area (Å²) in [4.78, 5) is 29.1. The van der Waals surface area contributed by atoms with E-state index in [4.69, 9.17) is 4.74 Å². The number of nitrogens with zero attached hydrogens (tertiary/aromatic N) is 2. The molecule has 2 aliphatic rings. The number of benzene rings is 1. The number of hydrogen-bond donors (Lipinski definition) is 0. The number of carbonyl (C=O) groups excluding carboxylic acids is 2. The molecule has 2 saturated heterocycles. The van der Waals surface area contributed by atoms with E-state index in [2.05, 4.69) is 6.58 Å². The highest BCUT2D eigenvalue weighted by molar-refractivity contribution is 5.94. The molecule has 146 valence electrons. The molecule has 0 radical (unpaired) electrons. The minimum atomic E-state index is 0.0506. The summed E-state index contributed by atoms with van der Waals surface area (Å²) in [6.07, 6.45) is 7.53. The van der Waals surface area contributed by atoms with Crippen molar-refractivity contribution in [2.24, 2.45) is 5.92 Å². The van der Waals surface area contributed by atoms with E-state index < -0.39 is 0 Å². The van der Waals surface area contributed by atoms with E-state index in [-0.39, 0.29) is 11.8 Å². The average molecular weight is 370 g/mol. The van der Waals surface area contributed by atoms with Crippen LogP contribution in [-0.2, 0) is 4.79 Å². The van der Waals surface area contributed by atoms with Gasteiger partial charge in [-0.05, 0) is 56.2 Å². The molecule has 3 rings (SSSR count). The van der Waals surface area contributed by atoms with Crippen molar-refractivity contribution in [3.63, 3.8) is 0 Å². The van der Waals surface area contributed by atoms with Gasteiger partial charge in [0.2, 0.25) is 5.91 Å². The van der Waals surface area contributed by atoms with Gasteiger partial charge in [-0.3, -0.25) is 9.59 Å². The summed E-state index contributed by atoms with van der Waals surface area (Å²) < 4.78 is 5.54. The zero-order chi connectivity index (χ0) is 19.1.